The van der Waals surface area contributed by atoms with Crippen molar-refractivity contribution >= 4 is 11.7 Å². The number of carbonyl (C=O) groups is 2. The van der Waals surface area contributed by atoms with E-state index in [1.807, 2.05) is 13.0 Å². The molecule has 0 unspecified atom stereocenters. The minimum absolute atomic E-state index is 0.0654. The Kier molecular flexibility index (Phi) is 3.85. The maximum absolute atomic E-state index is 12.3. The average Bonchev–Trinajstić information content (AvgIpc) is 3.06. The second-order valence-electron chi connectivity index (χ2n) is 4.26. The molecule has 0 aliphatic rings. The lowest BCUT2D eigenvalue weighted by Gasteiger charge is -2.18. The molecule has 0 spiro atoms. The molecule has 0 aliphatic carbocycles. The maximum Gasteiger partial charge on any atom is 0.270 e. The topological polar surface area (TPSA) is 66.3 Å². The van der Waals surface area contributed by atoms with Crippen molar-refractivity contribution in [3.63, 3.8) is 0 Å². The number of ketones is 1. The summed E-state index contributed by atoms with van der Waals surface area (Å²) in [7, 11) is 0. The lowest BCUT2D eigenvalue weighted by Crippen LogP contribution is -2.30. The first kappa shape index (κ1) is 13.1. The van der Waals surface area contributed by atoms with Gasteiger partial charge in [-0.2, -0.15) is 0 Å². The number of nitrogens with one attached hydrogen (secondary N) is 1. The third-order valence-electron chi connectivity index (χ3n) is 2.92. The van der Waals surface area contributed by atoms with Crippen molar-refractivity contribution in [2.24, 2.45) is 0 Å². The van der Waals surface area contributed by atoms with Crippen LogP contribution in [0.1, 0.15) is 40.5 Å². The monoisotopic (exact) mass is 260 g/mol. The molecule has 100 valence electrons. The molecule has 0 saturated carbocycles. The van der Waals surface area contributed by atoms with Crippen LogP contribution in [0.2, 0.25) is 0 Å². The van der Waals surface area contributed by atoms with Crippen LogP contribution < -0.4 is 0 Å². The average molecular weight is 260 g/mol. The van der Waals surface area contributed by atoms with E-state index < -0.39 is 0 Å². The van der Waals surface area contributed by atoms with Gasteiger partial charge in [0, 0.05) is 18.3 Å². The Morgan fingerprint density at radius 3 is 2.74 bits per heavy atom. The molecule has 0 saturated heterocycles. The normalized spacial score (nSPS) is 10.4. The maximum atomic E-state index is 12.3. The van der Waals surface area contributed by atoms with E-state index in [4.69, 9.17) is 4.42 Å². The van der Waals surface area contributed by atoms with Gasteiger partial charge in [-0.05, 0) is 32.0 Å². The molecular weight excluding hydrogens is 244 g/mol. The molecule has 2 heterocycles. The van der Waals surface area contributed by atoms with Gasteiger partial charge in [0.1, 0.15) is 11.5 Å². The van der Waals surface area contributed by atoms with Gasteiger partial charge in [0.2, 0.25) is 0 Å². The van der Waals surface area contributed by atoms with Gasteiger partial charge in [0.25, 0.3) is 5.91 Å². The Bertz CT molecular complexity index is 569. The fraction of sp³-hybridized carbons (Fsp3) is 0.286. The largest absolute Gasteiger partial charge is 0.467 e. The number of hydrogen-bond donors (Lipinski definition) is 1. The zero-order valence-corrected chi connectivity index (χ0v) is 11.0. The number of nitrogens with zero attached hydrogens (tertiary/aromatic N) is 1. The van der Waals surface area contributed by atoms with E-state index in [1.54, 1.807) is 29.5 Å². The van der Waals surface area contributed by atoms with Crippen LogP contribution in [0.4, 0.5) is 0 Å². The lowest BCUT2D eigenvalue weighted by atomic mass is 10.2. The third-order valence-corrected chi connectivity index (χ3v) is 2.92. The highest BCUT2D eigenvalue weighted by atomic mass is 16.3. The summed E-state index contributed by atoms with van der Waals surface area (Å²) in [5.74, 6) is 0.518. The molecule has 0 aliphatic heterocycles. The fourth-order valence-corrected chi connectivity index (χ4v) is 1.81. The second-order valence-corrected chi connectivity index (χ2v) is 4.26. The molecular formula is C14H16N2O3. The molecule has 2 rings (SSSR count). The molecule has 2 aromatic heterocycles. The quantitative estimate of drug-likeness (QED) is 0.840. The summed E-state index contributed by atoms with van der Waals surface area (Å²) in [6.07, 6.45) is 3.13. The van der Waals surface area contributed by atoms with E-state index in [0.717, 1.165) is 5.76 Å². The summed E-state index contributed by atoms with van der Waals surface area (Å²) in [5, 5.41) is 0. The van der Waals surface area contributed by atoms with Gasteiger partial charge in [-0.1, -0.05) is 0 Å². The molecule has 2 aromatic rings. The number of aromatic nitrogens is 1. The molecule has 0 radical (unpaired) electrons. The molecule has 5 nitrogen and oxygen atoms in total. The Morgan fingerprint density at radius 1 is 1.42 bits per heavy atom. The van der Waals surface area contributed by atoms with E-state index in [-0.39, 0.29) is 11.7 Å². The highest BCUT2D eigenvalue weighted by Gasteiger charge is 2.18. The van der Waals surface area contributed by atoms with Crippen LogP contribution in [0.5, 0.6) is 0 Å². The standard InChI is InChI=1S/C14H16N2O3/c1-3-16(9-12-5-4-6-19-12)14(18)13-7-11(8-15-13)10(2)17/h4-8,15H,3,9H2,1-2H3. The molecule has 1 N–H and O–H groups in total. The highest BCUT2D eigenvalue weighted by molar-refractivity contribution is 5.99. The van der Waals surface area contributed by atoms with Gasteiger partial charge in [-0.3, -0.25) is 9.59 Å². The SMILES string of the molecule is CCN(Cc1ccco1)C(=O)c1cc(C(C)=O)c[nH]1. The first-order valence-electron chi connectivity index (χ1n) is 6.12. The zero-order valence-electron chi connectivity index (χ0n) is 11.0. The van der Waals surface area contributed by atoms with Crippen LogP contribution in [0.25, 0.3) is 0 Å². The predicted molar refractivity (Wildman–Crippen MR) is 69.9 cm³/mol. The minimum atomic E-state index is -0.147. The van der Waals surface area contributed by atoms with Gasteiger partial charge in [-0.15, -0.1) is 0 Å². The van der Waals surface area contributed by atoms with E-state index in [9.17, 15) is 9.59 Å². The van der Waals surface area contributed by atoms with Crippen molar-refractivity contribution in [3.05, 3.63) is 47.7 Å². The lowest BCUT2D eigenvalue weighted by molar-refractivity contribution is 0.0736. The Balaban J connectivity index is 2.13. The first-order valence-corrected chi connectivity index (χ1v) is 6.12. The van der Waals surface area contributed by atoms with E-state index in [1.165, 1.54) is 6.92 Å². The Morgan fingerprint density at radius 2 is 2.21 bits per heavy atom. The number of amides is 1. The fourth-order valence-electron chi connectivity index (χ4n) is 1.81. The summed E-state index contributed by atoms with van der Waals surface area (Å²) in [6.45, 7) is 4.35. The molecule has 0 bridgehead atoms. The third kappa shape index (κ3) is 2.93. The summed E-state index contributed by atoms with van der Waals surface area (Å²) >= 11 is 0. The van der Waals surface area contributed by atoms with E-state index in [0.29, 0.717) is 24.3 Å². The van der Waals surface area contributed by atoms with Crippen molar-refractivity contribution in [2.75, 3.05) is 6.54 Å². The zero-order chi connectivity index (χ0) is 13.8. The number of Topliss-reactive ketones (excluding diaryl/α,β-unsaturated/α-hetero) is 1. The van der Waals surface area contributed by atoms with Crippen molar-refractivity contribution in [1.29, 1.82) is 0 Å². The summed E-state index contributed by atoms with van der Waals surface area (Å²) in [5.41, 5.74) is 0.927. The number of rotatable bonds is 5. The Hall–Kier alpha value is -2.30. The van der Waals surface area contributed by atoms with Crippen molar-refractivity contribution < 1.29 is 14.0 Å². The predicted octanol–water partition coefficient (Wildman–Crippen LogP) is 2.47. The molecule has 0 atom stereocenters. The second kappa shape index (κ2) is 5.56. The van der Waals surface area contributed by atoms with Gasteiger partial charge in [0.15, 0.2) is 5.78 Å². The van der Waals surface area contributed by atoms with Crippen LogP contribution in [0.15, 0.2) is 35.1 Å². The summed E-state index contributed by atoms with van der Waals surface area (Å²) in [4.78, 5) is 28.0. The van der Waals surface area contributed by atoms with Crippen LogP contribution in [-0.4, -0.2) is 28.1 Å². The number of hydrogen-bond acceptors (Lipinski definition) is 3. The van der Waals surface area contributed by atoms with Crippen LogP contribution in [0.3, 0.4) is 0 Å². The van der Waals surface area contributed by atoms with Crippen molar-refractivity contribution in [1.82, 2.24) is 9.88 Å². The molecule has 1 amide bonds. The van der Waals surface area contributed by atoms with Gasteiger partial charge < -0.3 is 14.3 Å². The molecule has 0 aromatic carbocycles. The van der Waals surface area contributed by atoms with Gasteiger partial charge >= 0.3 is 0 Å². The highest BCUT2D eigenvalue weighted by Crippen LogP contribution is 2.11. The van der Waals surface area contributed by atoms with Crippen molar-refractivity contribution in [3.8, 4) is 0 Å². The van der Waals surface area contributed by atoms with Crippen LogP contribution in [0, 0.1) is 0 Å². The number of carbonyl (C=O) groups excluding carboxylic acids is 2. The molecule has 0 fully saturated rings. The van der Waals surface area contributed by atoms with Crippen LogP contribution >= 0.6 is 0 Å². The van der Waals surface area contributed by atoms with Crippen molar-refractivity contribution in [2.45, 2.75) is 20.4 Å². The van der Waals surface area contributed by atoms with Gasteiger partial charge in [-0.25, -0.2) is 0 Å². The summed E-state index contributed by atoms with van der Waals surface area (Å²) < 4.78 is 5.24. The summed E-state index contributed by atoms with van der Waals surface area (Å²) in [6, 6.07) is 5.19. The number of furan rings is 1. The molecule has 5 heteroatoms. The van der Waals surface area contributed by atoms with Gasteiger partial charge in [0.05, 0.1) is 12.8 Å². The van der Waals surface area contributed by atoms with Crippen LogP contribution in [-0.2, 0) is 6.54 Å². The molecule has 19 heavy (non-hydrogen) atoms. The Labute approximate surface area is 111 Å². The minimum Gasteiger partial charge on any atom is -0.467 e. The smallest absolute Gasteiger partial charge is 0.270 e. The first-order chi connectivity index (χ1) is 9.11. The number of H-pyrrole nitrogens is 1. The van der Waals surface area contributed by atoms with E-state index in [2.05, 4.69) is 4.98 Å². The van der Waals surface area contributed by atoms with E-state index >= 15 is 0 Å². The number of aromatic amines is 1.